The molecular formula is C10H12FNO. The highest BCUT2D eigenvalue weighted by atomic mass is 19.1. The van der Waals surface area contributed by atoms with Crippen LogP contribution in [0.25, 0.3) is 0 Å². The molecule has 1 aromatic rings. The number of nitrogens with zero attached hydrogens (tertiary/aromatic N) is 1. The van der Waals surface area contributed by atoms with E-state index in [0.29, 0.717) is 6.61 Å². The molecule has 0 fully saturated rings. The van der Waals surface area contributed by atoms with Crippen molar-refractivity contribution in [2.75, 3.05) is 0 Å². The Morgan fingerprint density at radius 2 is 2.38 bits per heavy atom. The van der Waals surface area contributed by atoms with E-state index in [-0.39, 0.29) is 5.82 Å². The van der Waals surface area contributed by atoms with Crippen LogP contribution in [0.15, 0.2) is 29.4 Å². The van der Waals surface area contributed by atoms with Gasteiger partial charge in [-0.15, -0.1) is 0 Å². The molecule has 0 saturated carbocycles. The Kier molecular flexibility index (Phi) is 3.96. The van der Waals surface area contributed by atoms with Gasteiger partial charge in [-0.3, -0.25) is 0 Å². The molecule has 0 spiro atoms. The molecule has 0 aliphatic heterocycles. The summed E-state index contributed by atoms with van der Waals surface area (Å²) < 4.78 is 12.6. The summed E-state index contributed by atoms with van der Waals surface area (Å²) in [5.41, 5.74) is 0.785. The van der Waals surface area contributed by atoms with Crippen LogP contribution in [0.3, 0.4) is 0 Å². The van der Waals surface area contributed by atoms with Crippen LogP contribution in [0.1, 0.15) is 18.9 Å². The highest BCUT2D eigenvalue weighted by Crippen LogP contribution is 2.04. The van der Waals surface area contributed by atoms with E-state index in [1.807, 2.05) is 6.92 Å². The molecule has 1 rings (SSSR count). The van der Waals surface area contributed by atoms with Crippen molar-refractivity contribution in [3.63, 3.8) is 0 Å². The quantitative estimate of drug-likeness (QED) is 0.517. The molecule has 0 saturated heterocycles. The van der Waals surface area contributed by atoms with Crippen LogP contribution in [0.5, 0.6) is 0 Å². The zero-order valence-electron chi connectivity index (χ0n) is 7.53. The Hall–Kier alpha value is -1.38. The van der Waals surface area contributed by atoms with Crippen LogP contribution in [0, 0.1) is 5.82 Å². The maximum Gasteiger partial charge on any atom is 0.142 e. The minimum Gasteiger partial charge on any atom is -0.391 e. The molecular weight excluding hydrogens is 169 g/mol. The number of rotatable bonds is 4. The van der Waals surface area contributed by atoms with Crippen molar-refractivity contribution in [2.24, 2.45) is 5.16 Å². The fourth-order valence-corrected chi connectivity index (χ4v) is 0.866. The molecule has 13 heavy (non-hydrogen) atoms. The first kappa shape index (κ1) is 9.71. The number of benzene rings is 1. The molecule has 0 amide bonds. The van der Waals surface area contributed by atoms with E-state index in [4.69, 9.17) is 4.84 Å². The summed E-state index contributed by atoms with van der Waals surface area (Å²) in [6, 6.07) is 6.28. The van der Waals surface area contributed by atoms with Gasteiger partial charge in [-0.25, -0.2) is 4.39 Å². The van der Waals surface area contributed by atoms with Gasteiger partial charge in [0.25, 0.3) is 0 Å². The molecule has 2 nitrogen and oxygen atoms in total. The van der Waals surface area contributed by atoms with Crippen LogP contribution in [0.4, 0.5) is 4.39 Å². The largest absolute Gasteiger partial charge is 0.391 e. The third-order valence-electron chi connectivity index (χ3n) is 1.45. The molecule has 0 bridgehead atoms. The number of hydrogen-bond acceptors (Lipinski definition) is 2. The van der Waals surface area contributed by atoms with E-state index in [1.165, 1.54) is 12.1 Å². The highest BCUT2D eigenvalue weighted by molar-refractivity contribution is 5.55. The predicted octanol–water partition coefficient (Wildman–Crippen LogP) is 2.74. The Morgan fingerprint density at radius 3 is 3.08 bits per heavy atom. The molecule has 0 aromatic heterocycles. The Bertz CT molecular complexity index is 286. The maximum atomic E-state index is 12.6. The van der Waals surface area contributed by atoms with Crippen LogP contribution in [-0.2, 0) is 11.4 Å². The molecule has 0 atom stereocenters. The second-order valence-electron chi connectivity index (χ2n) is 2.60. The fraction of sp³-hybridized carbons (Fsp3) is 0.300. The molecule has 0 radical (unpaired) electrons. The Morgan fingerprint density at radius 1 is 1.54 bits per heavy atom. The number of hydrogen-bond donors (Lipinski definition) is 0. The van der Waals surface area contributed by atoms with E-state index in [0.717, 1.165) is 12.0 Å². The van der Waals surface area contributed by atoms with E-state index < -0.39 is 0 Å². The van der Waals surface area contributed by atoms with Gasteiger partial charge in [-0.05, 0) is 24.1 Å². The molecule has 3 heteroatoms. The molecule has 0 aliphatic carbocycles. The van der Waals surface area contributed by atoms with Crippen molar-refractivity contribution in [1.29, 1.82) is 0 Å². The molecule has 0 aliphatic rings. The van der Waals surface area contributed by atoms with Gasteiger partial charge in [0.15, 0.2) is 0 Å². The molecule has 0 heterocycles. The van der Waals surface area contributed by atoms with Gasteiger partial charge in [-0.1, -0.05) is 24.2 Å². The van der Waals surface area contributed by atoms with E-state index in [1.54, 1.807) is 18.3 Å². The van der Waals surface area contributed by atoms with Crippen molar-refractivity contribution in [2.45, 2.75) is 20.0 Å². The summed E-state index contributed by atoms with van der Waals surface area (Å²) in [6.45, 7) is 2.28. The molecule has 70 valence electrons. The lowest BCUT2D eigenvalue weighted by Crippen LogP contribution is -1.87. The summed E-state index contributed by atoms with van der Waals surface area (Å²) in [6.07, 6.45) is 2.50. The zero-order valence-corrected chi connectivity index (χ0v) is 7.53. The summed E-state index contributed by atoms with van der Waals surface area (Å²) in [5.74, 6) is -0.249. The zero-order chi connectivity index (χ0) is 9.52. The predicted molar refractivity (Wildman–Crippen MR) is 50.0 cm³/mol. The minimum atomic E-state index is -0.249. The second kappa shape index (κ2) is 5.30. The van der Waals surface area contributed by atoms with Crippen molar-refractivity contribution < 1.29 is 9.23 Å². The van der Waals surface area contributed by atoms with Gasteiger partial charge >= 0.3 is 0 Å². The second-order valence-corrected chi connectivity index (χ2v) is 2.60. The Balaban J connectivity index is 2.41. The monoisotopic (exact) mass is 181 g/mol. The van der Waals surface area contributed by atoms with Crippen LogP contribution in [-0.4, -0.2) is 6.21 Å². The van der Waals surface area contributed by atoms with Gasteiger partial charge in [0.1, 0.15) is 12.4 Å². The SMILES string of the molecule is CCC=NOCc1cccc(F)c1. The van der Waals surface area contributed by atoms with Gasteiger partial charge in [0, 0.05) is 6.21 Å². The summed E-state index contributed by atoms with van der Waals surface area (Å²) in [7, 11) is 0. The molecule has 1 aromatic carbocycles. The van der Waals surface area contributed by atoms with Gasteiger partial charge in [0.05, 0.1) is 0 Å². The average Bonchev–Trinajstić information content (AvgIpc) is 2.13. The smallest absolute Gasteiger partial charge is 0.142 e. The highest BCUT2D eigenvalue weighted by Gasteiger charge is 1.93. The topological polar surface area (TPSA) is 21.6 Å². The van der Waals surface area contributed by atoms with Gasteiger partial charge in [0.2, 0.25) is 0 Å². The maximum absolute atomic E-state index is 12.6. The molecule has 0 unspecified atom stereocenters. The van der Waals surface area contributed by atoms with Crippen LogP contribution >= 0.6 is 0 Å². The van der Waals surface area contributed by atoms with E-state index in [2.05, 4.69) is 5.16 Å². The lowest BCUT2D eigenvalue weighted by Gasteiger charge is -1.98. The van der Waals surface area contributed by atoms with Crippen molar-refractivity contribution in [3.8, 4) is 0 Å². The van der Waals surface area contributed by atoms with Gasteiger partial charge < -0.3 is 4.84 Å². The lowest BCUT2D eigenvalue weighted by molar-refractivity contribution is 0.131. The van der Waals surface area contributed by atoms with Crippen molar-refractivity contribution in [3.05, 3.63) is 35.6 Å². The summed E-state index contributed by atoms with van der Waals surface area (Å²) in [5, 5.41) is 3.67. The first-order valence-corrected chi connectivity index (χ1v) is 4.21. The lowest BCUT2D eigenvalue weighted by atomic mass is 10.2. The standard InChI is InChI=1S/C10H12FNO/c1-2-6-12-13-8-9-4-3-5-10(11)7-9/h3-7H,2,8H2,1H3. The van der Waals surface area contributed by atoms with E-state index >= 15 is 0 Å². The van der Waals surface area contributed by atoms with Gasteiger partial charge in [-0.2, -0.15) is 0 Å². The number of oxime groups is 1. The van der Waals surface area contributed by atoms with E-state index in [9.17, 15) is 4.39 Å². The fourth-order valence-electron chi connectivity index (χ4n) is 0.866. The first-order valence-electron chi connectivity index (χ1n) is 4.21. The minimum absolute atomic E-state index is 0.249. The summed E-state index contributed by atoms with van der Waals surface area (Å²) in [4.78, 5) is 4.92. The third-order valence-corrected chi connectivity index (χ3v) is 1.45. The van der Waals surface area contributed by atoms with Crippen LogP contribution in [0.2, 0.25) is 0 Å². The third kappa shape index (κ3) is 3.69. The number of halogens is 1. The van der Waals surface area contributed by atoms with Crippen LogP contribution < -0.4 is 0 Å². The first-order chi connectivity index (χ1) is 6.33. The summed E-state index contributed by atoms with van der Waals surface area (Å²) >= 11 is 0. The van der Waals surface area contributed by atoms with Crippen molar-refractivity contribution in [1.82, 2.24) is 0 Å². The molecule has 0 N–H and O–H groups in total. The Labute approximate surface area is 77.0 Å². The normalized spacial score (nSPS) is 10.6. The average molecular weight is 181 g/mol. The van der Waals surface area contributed by atoms with Crippen molar-refractivity contribution >= 4 is 6.21 Å².